The number of carbonyl (C=O) groups is 2. The van der Waals surface area contributed by atoms with Crippen LogP contribution in [0.3, 0.4) is 0 Å². The Labute approximate surface area is 173 Å². The van der Waals surface area contributed by atoms with Crippen molar-refractivity contribution in [1.82, 2.24) is 10.3 Å². The van der Waals surface area contributed by atoms with Gasteiger partial charge in [-0.25, -0.2) is 9.78 Å². The average molecular weight is 410 g/mol. The smallest absolute Gasteiger partial charge is 0.347 e. The van der Waals surface area contributed by atoms with E-state index in [1.54, 1.807) is 13.2 Å². The highest BCUT2D eigenvalue weighted by Crippen LogP contribution is 2.31. The van der Waals surface area contributed by atoms with Gasteiger partial charge in [-0.2, -0.15) is 0 Å². The van der Waals surface area contributed by atoms with Crippen LogP contribution in [-0.2, 0) is 4.74 Å². The SMILES string of the molecule is COCC(C)NC(=O)c1cc(-c2ccc(C)cc2)cc(-c2ncc(C(=O)O)s2)c1. The number of nitrogens with zero attached hydrogens (tertiary/aromatic N) is 1. The second kappa shape index (κ2) is 8.98. The number of aromatic carboxylic acids is 1. The summed E-state index contributed by atoms with van der Waals surface area (Å²) < 4.78 is 5.08. The summed E-state index contributed by atoms with van der Waals surface area (Å²) in [6.45, 7) is 4.29. The fourth-order valence-corrected chi connectivity index (χ4v) is 3.64. The molecule has 1 aromatic heterocycles. The number of thiazole rings is 1. The molecule has 0 saturated heterocycles. The molecule has 0 radical (unpaired) electrons. The monoisotopic (exact) mass is 410 g/mol. The third-order valence-electron chi connectivity index (χ3n) is 4.34. The first-order valence-electron chi connectivity index (χ1n) is 9.09. The number of amides is 1. The molecule has 0 saturated carbocycles. The van der Waals surface area contributed by atoms with Gasteiger partial charge in [0.05, 0.1) is 12.8 Å². The van der Waals surface area contributed by atoms with E-state index in [-0.39, 0.29) is 16.8 Å². The van der Waals surface area contributed by atoms with Crippen molar-refractivity contribution in [2.75, 3.05) is 13.7 Å². The third kappa shape index (κ3) is 5.07. The van der Waals surface area contributed by atoms with Crippen molar-refractivity contribution in [2.45, 2.75) is 19.9 Å². The number of rotatable bonds is 7. The van der Waals surface area contributed by atoms with Crippen molar-refractivity contribution in [3.63, 3.8) is 0 Å². The van der Waals surface area contributed by atoms with Crippen LogP contribution >= 0.6 is 11.3 Å². The molecule has 1 amide bonds. The van der Waals surface area contributed by atoms with Crippen molar-refractivity contribution in [2.24, 2.45) is 0 Å². The van der Waals surface area contributed by atoms with Crippen LogP contribution in [0.5, 0.6) is 0 Å². The van der Waals surface area contributed by atoms with E-state index in [2.05, 4.69) is 10.3 Å². The molecule has 3 rings (SSSR count). The standard InChI is InChI=1S/C22H22N2O4S/c1-13-4-6-15(7-5-13)16-8-17(20(25)24-14(2)12-28-3)10-18(9-16)21-23-11-19(29-21)22(26)27/h4-11,14H,12H2,1-3H3,(H,24,25)(H,26,27). The van der Waals surface area contributed by atoms with E-state index < -0.39 is 5.97 Å². The Balaban J connectivity index is 2.04. The molecule has 1 unspecified atom stereocenters. The van der Waals surface area contributed by atoms with Gasteiger partial charge in [-0.1, -0.05) is 29.8 Å². The summed E-state index contributed by atoms with van der Waals surface area (Å²) in [4.78, 5) is 28.4. The van der Waals surface area contributed by atoms with E-state index in [0.29, 0.717) is 22.7 Å². The van der Waals surface area contributed by atoms with Crippen molar-refractivity contribution in [3.05, 3.63) is 64.7 Å². The zero-order valence-electron chi connectivity index (χ0n) is 16.4. The number of carbonyl (C=O) groups excluding carboxylic acids is 1. The molecule has 0 aliphatic heterocycles. The number of aryl methyl sites for hydroxylation is 1. The second-order valence-electron chi connectivity index (χ2n) is 6.83. The fourth-order valence-electron chi connectivity index (χ4n) is 2.90. The van der Waals surface area contributed by atoms with E-state index in [9.17, 15) is 14.7 Å². The maximum Gasteiger partial charge on any atom is 0.347 e. The number of nitrogens with one attached hydrogen (secondary N) is 1. The van der Waals surface area contributed by atoms with Gasteiger partial charge in [0, 0.05) is 24.3 Å². The zero-order chi connectivity index (χ0) is 21.0. The van der Waals surface area contributed by atoms with Crippen LogP contribution in [0.15, 0.2) is 48.7 Å². The Morgan fingerprint density at radius 1 is 1.14 bits per heavy atom. The highest BCUT2D eigenvalue weighted by molar-refractivity contribution is 7.16. The molecule has 0 fully saturated rings. The van der Waals surface area contributed by atoms with Gasteiger partial charge in [-0.3, -0.25) is 4.79 Å². The zero-order valence-corrected chi connectivity index (χ0v) is 17.2. The molecule has 29 heavy (non-hydrogen) atoms. The van der Waals surface area contributed by atoms with Crippen LogP contribution in [0.2, 0.25) is 0 Å². The molecule has 7 heteroatoms. The number of aromatic nitrogens is 1. The van der Waals surface area contributed by atoms with Crippen LogP contribution in [0.1, 0.15) is 32.5 Å². The molecular formula is C22H22N2O4S. The molecule has 3 aromatic rings. The number of ether oxygens (including phenoxy) is 1. The van der Waals surface area contributed by atoms with Crippen LogP contribution in [-0.4, -0.2) is 41.7 Å². The lowest BCUT2D eigenvalue weighted by atomic mass is 9.98. The number of hydrogen-bond donors (Lipinski definition) is 2. The Hall–Kier alpha value is -3.03. The second-order valence-corrected chi connectivity index (χ2v) is 7.86. The molecule has 2 aromatic carbocycles. The molecular weight excluding hydrogens is 388 g/mol. The Bertz CT molecular complexity index is 1030. The summed E-state index contributed by atoms with van der Waals surface area (Å²) in [6.07, 6.45) is 1.33. The van der Waals surface area contributed by atoms with Crippen LogP contribution in [0.25, 0.3) is 21.7 Å². The van der Waals surface area contributed by atoms with Crippen molar-refractivity contribution in [1.29, 1.82) is 0 Å². The fraction of sp³-hybridized carbons (Fsp3) is 0.227. The van der Waals surface area contributed by atoms with Crippen molar-refractivity contribution < 1.29 is 19.4 Å². The topological polar surface area (TPSA) is 88.5 Å². The van der Waals surface area contributed by atoms with E-state index in [4.69, 9.17) is 4.74 Å². The van der Waals surface area contributed by atoms with Gasteiger partial charge in [-0.15, -0.1) is 11.3 Å². The first-order chi connectivity index (χ1) is 13.9. The quantitative estimate of drug-likeness (QED) is 0.608. The largest absolute Gasteiger partial charge is 0.477 e. The summed E-state index contributed by atoms with van der Waals surface area (Å²) in [7, 11) is 1.58. The molecule has 6 nitrogen and oxygen atoms in total. The number of methoxy groups -OCH3 is 1. The first kappa shape index (κ1) is 20.7. The molecule has 150 valence electrons. The van der Waals surface area contributed by atoms with E-state index in [1.165, 1.54) is 6.20 Å². The third-order valence-corrected chi connectivity index (χ3v) is 5.37. The van der Waals surface area contributed by atoms with Crippen molar-refractivity contribution >= 4 is 23.2 Å². The van der Waals surface area contributed by atoms with Gasteiger partial charge >= 0.3 is 5.97 Å². The summed E-state index contributed by atoms with van der Waals surface area (Å²) in [5.41, 5.74) is 4.14. The lowest BCUT2D eigenvalue weighted by Gasteiger charge is -2.14. The number of carboxylic acids is 1. The van der Waals surface area contributed by atoms with Crippen LogP contribution < -0.4 is 5.32 Å². The maximum atomic E-state index is 12.8. The maximum absolute atomic E-state index is 12.8. The molecule has 0 aliphatic carbocycles. The number of hydrogen-bond acceptors (Lipinski definition) is 5. The van der Waals surface area contributed by atoms with E-state index >= 15 is 0 Å². The highest BCUT2D eigenvalue weighted by Gasteiger charge is 2.16. The van der Waals surface area contributed by atoms with Crippen LogP contribution in [0, 0.1) is 6.92 Å². The van der Waals surface area contributed by atoms with Crippen LogP contribution in [0.4, 0.5) is 0 Å². The van der Waals surface area contributed by atoms with Gasteiger partial charge in [0.2, 0.25) is 0 Å². The van der Waals surface area contributed by atoms with E-state index in [0.717, 1.165) is 28.0 Å². The molecule has 0 spiro atoms. The summed E-state index contributed by atoms with van der Waals surface area (Å²) >= 11 is 1.08. The minimum atomic E-state index is -1.02. The molecule has 1 heterocycles. The van der Waals surface area contributed by atoms with Gasteiger partial charge in [0.25, 0.3) is 5.91 Å². The normalized spacial score (nSPS) is 11.8. The van der Waals surface area contributed by atoms with Gasteiger partial charge in [-0.05, 0) is 43.2 Å². The lowest BCUT2D eigenvalue weighted by molar-refractivity contribution is 0.0701. The lowest BCUT2D eigenvalue weighted by Crippen LogP contribution is -2.35. The van der Waals surface area contributed by atoms with Gasteiger partial charge in [0.15, 0.2) is 0 Å². The minimum Gasteiger partial charge on any atom is -0.477 e. The van der Waals surface area contributed by atoms with E-state index in [1.807, 2.05) is 50.2 Å². The highest BCUT2D eigenvalue weighted by atomic mass is 32.1. The first-order valence-corrected chi connectivity index (χ1v) is 9.90. The predicted octanol–water partition coefficient (Wildman–Crippen LogP) is 4.25. The van der Waals surface area contributed by atoms with Gasteiger partial charge < -0.3 is 15.2 Å². The summed E-state index contributed by atoms with van der Waals surface area (Å²) in [6, 6.07) is 13.3. The Morgan fingerprint density at radius 3 is 2.45 bits per heavy atom. The summed E-state index contributed by atoms with van der Waals surface area (Å²) in [5.74, 6) is -1.24. The number of benzene rings is 2. The molecule has 1 atom stereocenters. The average Bonchev–Trinajstić information content (AvgIpc) is 3.19. The summed E-state index contributed by atoms with van der Waals surface area (Å²) in [5, 5.41) is 12.7. The predicted molar refractivity (Wildman–Crippen MR) is 113 cm³/mol. The minimum absolute atomic E-state index is 0.141. The molecule has 2 N–H and O–H groups in total. The Morgan fingerprint density at radius 2 is 1.83 bits per heavy atom. The van der Waals surface area contributed by atoms with Crippen molar-refractivity contribution in [3.8, 4) is 21.7 Å². The molecule has 0 bridgehead atoms. The molecule has 0 aliphatic rings. The van der Waals surface area contributed by atoms with Gasteiger partial charge in [0.1, 0.15) is 9.88 Å². The Kier molecular flexibility index (Phi) is 6.41. The number of carboxylic acid groups (broad SMARTS) is 1.